The van der Waals surface area contributed by atoms with Gasteiger partial charge in [-0.25, -0.2) is 0 Å². The van der Waals surface area contributed by atoms with Crippen molar-refractivity contribution < 1.29 is 0 Å². The van der Waals surface area contributed by atoms with Gasteiger partial charge in [0.1, 0.15) is 0 Å². The first-order valence-electron chi connectivity index (χ1n) is 6.83. The van der Waals surface area contributed by atoms with Crippen LogP contribution in [-0.2, 0) is 6.54 Å². The van der Waals surface area contributed by atoms with Gasteiger partial charge in [-0.3, -0.25) is 0 Å². The second kappa shape index (κ2) is 6.65. The molecule has 0 bridgehead atoms. The van der Waals surface area contributed by atoms with E-state index >= 15 is 0 Å². The van der Waals surface area contributed by atoms with Crippen molar-refractivity contribution in [3.63, 3.8) is 0 Å². The van der Waals surface area contributed by atoms with E-state index in [9.17, 15) is 0 Å². The highest BCUT2D eigenvalue weighted by molar-refractivity contribution is 6.38. The summed E-state index contributed by atoms with van der Waals surface area (Å²) in [7, 11) is 0. The molecule has 1 heterocycles. The third-order valence-electron chi connectivity index (χ3n) is 3.57. The summed E-state index contributed by atoms with van der Waals surface area (Å²) in [5.74, 6) is 0. The smallest absolute Gasteiger partial charge is 0.0514 e. The molecule has 0 saturated carbocycles. The minimum absolute atomic E-state index is 0.606. The SMILES string of the molecule is CCC(CC)NCCn1ccc2c(Cl)cc(Cl)cc21. The van der Waals surface area contributed by atoms with Gasteiger partial charge >= 0.3 is 0 Å². The summed E-state index contributed by atoms with van der Waals surface area (Å²) in [6.45, 7) is 6.31. The second-order valence-corrected chi connectivity index (χ2v) is 5.64. The number of nitrogens with one attached hydrogen (secondary N) is 1. The monoisotopic (exact) mass is 298 g/mol. The second-order valence-electron chi connectivity index (χ2n) is 4.80. The van der Waals surface area contributed by atoms with Gasteiger partial charge in [-0.15, -0.1) is 0 Å². The summed E-state index contributed by atoms with van der Waals surface area (Å²) in [6, 6.07) is 6.41. The average molecular weight is 299 g/mol. The number of nitrogens with zero attached hydrogens (tertiary/aromatic N) is 1. The van der Waals surface area contributed by atoms with Crippen molar-refractivity contribution in [2.24, 2.45) is 0 Å². The van der Waals surface area contributed by atoms with Gasteiger partial charge in [0, 0.05) is 35.7 Å². The first-order valence-corrected chi connectivity index (χ1v) is 7.58. The third kappa shape index (κ3) is 3.44. The molecule has 2 nitrogen and oxygen atoms in total. The van der Waals surface area contributed by atoms with Crippen molar-refractivity contribution in [1.82, 2.24) is 9.88 Å². The molecule has 0 aliphatic rings. The third-order valence-corrected chi connectivity index (χ3v) is 4.11. The molecule has 0 saturated heterocycles. The molecule has 0 unspecified atom stereocenters. The van der Waals surface area contributed by atoms with Crippen LogP contribution >= 0.6 is 23.2 Å². The van der Waals surface area contributed by atoms with Crippen molar-refractivity contribution in [2.45, 2.75) is 39.3 Å². The molecule has 0 aliphatic heterocycles. The Balaban J connectivity index is 2.09. The summed E-state index contributed by atoms with van der Waals surface area (Å²) in [6.07, 6.45) is 4.41. The quantitative estimate of drug-likeness (QED) is 0.816. The maximum atomic E-state index is 6.19. The summed E-state index contributed by atoms with van der Waals surface area (Å²) in [5, 5.41) is 6.03. The van der Waals surface area contributed by atoms with Gasteiger partial charge < -0.3 is 9.88 Å². The predicted molar refractivity (Wildman–Crippen MR) is 84.3 cm³/mol. The van der Waals surface area contributed by atoms with Gasteiger partial charge in [0.25, 0.3) is 0 Å². The minimum Gasteiger partial charge on any atom is -0.346 e. The predicted octanol–water partition coefficient (Wildman–Crippen LogP) is 4.73. The number of fused-ring (bicyclic) bond motifs is 1. The van der Waals surface area contributed by atoms with E-state index in [0.29, 0.717) is 16.1 Å². The Kier molecular flexibility index (Phi) is 5.14. The summed E-state index contributed by atoms with van der Waals surface area (Å²) in [5.41, 5.74) is 1.10. The summed E-state index contributed by atoms with van der Waals surface area (Å²) in [4.78, 5) is 0. The molecule has 1 aromatic heterocycles. The van der Waals surface area contributed by atoms with Crippen LogP contribution in [0.1, 0.15) is 26.7 Å². The van der Waals surface area contributed by atoms with Gasteiger partial charge in [-0.2, -0.15) is 0 Å². The van der Waals surface area contributed by atoms with E-state index < -0.39 is 0 Å². The molecule has 1 N–H and O–H groups in total. The van der Waals surface area contributed by atoms with Crippen molar-refractivity contribution >= 4 is 34.1 Å². The van der Waals surface area contributed by atoms with Crippen LogP contribution in [0.4, 0.5) is 0 Å². The molecule has 2 aromatic rings. The Morgan fingerprint density at radius 1 is 1.21 bits per heavy atom. The normalized spacial score (nSPS) is 11.6. The van der Waals surface area contributed by atoms with Gasteiger partial charge in [0.05, 0.1) is 10.5 Å². The first kappa shape index (κ1) is 14.7. The van der Waals surface area contributed by atoms with E-state index in [0.717, 1.165) is 24.0 Å². The van der Waals surface area contributed by atoms with Crippen LogP contribution in [0.2, 0.25) is 10.0 Å². The van der Waals surface area contributed by atoms with Gasteiger partial charge in [0.15, 0.2) is 0 Å². The molecule has 0 aliphatic carbocycles. The maximum absolute atomic E-state index is 6.19. The molecule has 0 radical (unpaired) electrons. The van der Waals surface area contributed by atoms with E-state index in [2.05, 4.69) is 29.9 Å². The van der Waals surface area contributed by atoms with Crippen LogP contribution in [0, 0.1) is 0 Å². The Hall–Kier alpha value is -0.700. The number of hydrogen-bond acceptors (Lipinski definition) is 1. The van der Waals surface area contributed by atoms with Gasteiger partial charge in [0.2, 0.25) is 0 Å². The number of halogens is 2. The highest BCUT2D eigenvalue weighted by Gasteiger charge is 2.07. The van der Waals surface area contributed by atoms with E-state index in [1.807, 2.05) is 12.1 Å². The Labute approximate surface area is 124 Å². The molecule has 19 heavy (non-hydrogen) atoms. The van der Waals surface area contributed by atoms with Crippen LogP contribution in [0.15, 0.2) is 24.4 Å². The lowest BCUT2D eigenvalue weighted by Crippen LogP contribution is -2.30. The van der Waals surface area contributed by atoms with Crippen molar-refractivity contribution in [1.29, 1.82) is 0 Å². The van der Waals surface area contributed by atoms with Gasteiger partial charge in [-0.05, 0) is 31.0 Å². The highest BCUT2D eigenvalue weighted by Crippen LogP contribution is 2.28. The zero-order valence-electron chi connectivity index (χ0n) is 11.4. The van der Waals surface area contributed by atoms with E-state index in [-0.39, 0.29) is 0 Å². The average Bonchev–Trinajstić information content (AvgIpc) is 2.78. The fourth-order valence-electron chi connectivity index (χ4n) is 2.38. The van der Waals surface area contributed by atoms with Crippen LogP contribution < -0.4 is 5.32 Å². The molecular weight excluding hydrogens is 279 g/mol. The van der Waals surface area contributed by atoms with Crippen molar-refractivity contribution in [3.8, 4) is 0 Å². The van der Waals surface area contributed by atoms with E-state index in [1.165, 1.54) is 12.8 Å². The lowest BCUT2D eigenvalue weighted by molar-refractivity contribution is 0.468. The molecule has 0 fully saturated rings. The number of rotatable bonds is 6. The lowest BCUT2D eigenvalue weighted by atomic mass is 10.2. The zero-order valence-corrected chi connectivity index (χ0v) is 12.9. The summed E-state index contributed by atoms with van der Waals surface area (Å²) < 4.78 is 2.20. The molecule has 2 rings (SSSR count). The largest absolute Gasteiger partial charge is 0.346 e. The molecule has 0 spiro atoms. The number of benzene rings is 1. The topological polar surface area (TPSA) is 17.0 Å². The zero-order chi connectivity index (χ0) is 13.8. The molecule has 4 heteroatoms. The Morgan fingerprint density at radius 2 is 1.95 bits per heavy atom. The van der Waals surface area contributed by atoms with Crippen molar-refractivity contribution in [3.05, 3.63) is 34.4 Å². The Morgan fingerprint density at radius 3 is 2.63 bits per heavy atom. The fourth-order valence-corrected chi connectivity index (χ4v) is 2.93. The maximum Gasteiger partial charge on any atom is 0.0514 e. The first-order chi connectivity index (χ1) is 9.15. The lowest BCUT2D eigenvalue weighted by Gasteiger charge is -2.15. The van der Waals surface area contributed by atoms with E-state index in [4.69, 9.17) is 23.2 Å². The molecule has 1 aromatic carbocycles. The van der Waals surface area contributed by atoms with Crippen LogP contribution in [0.5, 0.6) is 0 Å². The standard InChI is InChI=1S/C15H20Cl2N2/c1-3-12(4-2)18-6-8-19-7-5-13-14(17)9-11(16)10-15(13)19/h5,7,9-10,12,18H,3-4,6,8H2,1-2H3. The van der Waals surface area contributed by atoms with Crippen molar-refractivity contribution in [2.75, 3.05) is 6.54 Å². The van der Waals surface area contributed by atoms with E-state index in [1.54, 1.807) is 6.07 Å². The Bertz CT molecular complexity index is 544. The highest BCUT2D eigenvalue weighted by atomic mass is 35.5. The molecule has 104 valence electrons. The molecular formula is C15H20Cl2N2. The molecule has 0 atom stereocenters. The fraction of sp³-hybridized carbons (Fsp3) is 0.467. The van der Waals surface area contributed by atoms with Gasteiger partial charge in [-0.1, -0.05) is 37.0 Å². The number of aromatic nitrogens is 1. The van der Waals surface area contributed by atoms with Crippen LogP contribution in [-0.4, -0.2) is 17.2 Å². The van der Waals surface area contributed by atoms with Crippen LogP contribution in [0.3, 0.4) is 0 Å². The van der Waals surface area contributed by atoms with Crippen LogP contribution in [0.25, 0.3) is 10.9 Å². The molecule has 0 amide bonds. The number of hydrogen-bond donors (Lipinski definition) is 1. The minimum atomic E-state index is 0.606. The summed E-state index contributed by atoms with van der Waals surface area (Å²) >= 11 is 12.3.